The lowest BCUT2D eigenvalue weighted by molar-refractivity contribution is -0.116. The topological polar surface area (TPSA) is 47.6 Å². The van der Waals surface area contributed by atoms with Crippen LogP contribution in [0.2, 0.25) is 10.0 Å². The zero-order chi connectivity index (χ0) is 16.8. The summed E-state index contributed by atoms with van der Waals surface area (Å²) in [7, 11) is 3.18. The van der Waals surface area contributed by atoms with Crippen molar-refractivity contribution in [1.29, 1.82) is 0 Å². The fourth-order valence-electron chi connectivity index (χ4n) is 2.22. The van der Waals surface area contributed by atoms with Gasteiger partial charge in [-0.15, -0.1) is 0 Å². The fraction of sp³-hybridized carbons (Fsp3) is 0.235. The number of ether oxygens (including phenoxy) is 2. The fourth-order valence-corrected chi connectivity index (χ4v) is 2.67. The minimum atomic E-state index is -0.151. The second kappa shape index (κ2) is 8.09. The van der Waals surface area contributed by atoms with Gasteiger partial charge < -0.3 is 14.8 Å². The van der Waals surface area contributed by atoms with E-state index in [1.165, 1.54) is 0 Å². The minimum Gasteiger partial charge on any atom is -0.496 e. The Bertz CT molecular complexity index is 682. The Morgan fingerprint density at radius 2 is 1.74 bits per heavy atom. The van der Waals surface area contributed by atoms with E-state index in [0.717, 1.165) is 5.56 Å². The molecule has 0 bridgehead atoms. The van der Waals surface area contributed by atoms with Crippen molar-refractivity contribution in [3.8, 4) is 11.5 Å². The molecule has 122 valence electrons. The van der Waals surface area contributed by atoms with Gasteiger partial charge in [-0.1, -0.05) is 29.3 Å². The third-order valence-corrected chi connectivity index (χ3v) is 3.88. The molecule has 2 rings (SSSR count). The third-order valence-electron chi connectivity index (χ3n) is 3.34. The van der Waals surface area contributed by atoms with Crippen LogP contribution in [0.25, 0.3) is 0 Å². The Balaban J connectivity index is 2.05. The monoisotopic (exact) mass is 353 g/mol. The maximum atomic E-state index is 12.1. The second-order valence-electron chi connectivity index (χ2n) is 4.81. The molecule has 0 aliphatic carbocycles. The molecule has 1 N–H and O–H groups in total. The zero-order valence-electron chi connectivity index (χ0n) is 12.9. The third kappa shape index (κ3) is 4.53. The van der Waals surface area contributed by atoms with Gasteiger partial charge in [0.05, 0.1) is 24.9 Å². The Hall–Kier alpha value is -1.91. The number of carbonyl (C=O) groups excluding carboxylic acids is 1. The molecule has 0 saturated carbocycles. The summed E-state index contributed by atoms with van der Waals surface area (Å²) in [5.74, 6) is 1.24. The summed E-state index contributed by atoms with van der Waals surface area (Å²) in [6.45, 7) is 0. The summed E-state index contributed by atoms with van der Waals surface area (Å²) in [5, 5.41) is 3.70. The molecule has 0 saturated heterocycles. The molecule has 0 radical (unpaired) electrons. The molecule has 0 heterocycles. The van der Waals surface area contributed by atoms with Crippen molar-refractivity contribution in [2.24, 2.45) is 0 Å². The van der Waals surface area contributed by atoms with Crippen molar-refractivity contribution in [2.45, 2.75) is 12.8 Å². The molecule has 4 nitrogen and oxygen atoms in total. The standard InChI is InChI=1S/C17H17Cl2NO3/c1-22-15-4-3-5-16(23-2)12(15)7-9-17(21)20-14-8-6-11(18)10-13(14)19/h3-6,8,10H,7,9H2,1-2H3,(H,20,21). The van der Waals surface area contributed by atoms with Gasteiger partial charge >= 0.3 is 0 Å². The zero-order valence-corrected chi connectivity index (χ0v) is 14.4. The Kier molecular flexibility index (Phi) is 6.13. The quantitative estimate of drug-likeness (QED) is 0.826. The van der Waals surface area contributed by atoms with Crippen molar-refractivity contribution in [3.63, 3.8) is 0 Å². The first kappa shape index (κ1) is 17.4. The van der Waals surface area contributed by atoms with Gasteiger partial charge in [0.2, 0.25) is 5.91 Å². The Labute approximate surface area is 145 Å². The average molecular weight is 354 g/mol. The van der Waals surface area contributed by atoms with E-state index in [9.17, 15) is 4.79 Å². The first-order valence-electron chi connectivity index (χ1n) is 7.00. The maximum absolute atomic E-state index is 12.1. The summed E-state index contributed by atoms with van der Waals surface area (Å²) in [5.41, 5.74) is 1.39. The highest BCUT2D eigenvalue weighted by atomic mass is 35.5. The number of amides is 1. The average Bonchev–Trinajstić information content (AvgIpc) is 2.55. The maximum Gasteiger partial charge on any atom is 0.224 e. The highest BCUT2D eigenvalue weighted by molar-refractivity contribution is 6.36. The van der Waals surface area contributed by atoms with E-state index in [-0.39, 0.29) is 12.3 Å². The molecule has 2 aromatic rings. The van der Waals surface area contributed by atoms with Crippen molar-refractivity contribution in [2.75, 3.05) is 19.5 Å². The van der Waals surface area contributed by atoms with Crippen molar-refractivity contribution >= 4 is 34.8 Å². The highest BCUT2D eigenvalue weighted by Crippen LogP contribution is 2.30. The predicted octanol–water partition coefficient (Wildman–Crippen LogP) is 4.58. The molecule has 6 heteroatoms. The van der Waals surface area contributed by atoms with Crippen molar-refractivity contribution < 1.29 is 14.3 Å². The second-order valence-corrected chi connectivity index (χ2v) is 5.66. The number of methoxy groups -OCH3 is 2. The van der Waals surface area contributed by atoms with E-state index in [2.05, 4.69) is 5.32 Å². The van der Waals surface area contributed by atoms with E-state index in [0.29, 0.717) is 33.7 Å². The van der Waals surface area contributed by atoms with Gasteiger partial charge in [0, 0.05) is 17.0 Å². The van der Waals surface area contributed by atoms with E-state index >= 15 is 0 Å². The number of anilines is 1. The van der Waals surface area contributed by atoms with Gasteiger partial charge in [0.1, 0.15) is 11.5 Å². The number of benzene rings is 2. The van der Waals surface area contributed by atoms with Crippen LogP contribution >= 0.6 is 23.2 Å². The van der Waals surface area contributed by atoms with Crippen LogP contribution in [0.1, 0.15) is 12.0 Å². The van der Waals surface area contributed by atoms with Crippen LogP contribution in [0, 0.1) is 0 Å². The van der Waals surface area contributed by atoms with Crippen molar-refractivity contribution in [1.82, 2.24) is 0 Å². The van der Waals surface area contributed by atoms with Crippen LogP contribution < -0.4 is 14.8 Å². The number of carbonyl (C=O) groups is 1. The molecule has 0 unspecified atom stereocenters. The molecular weight excluding hydrogens is 337 g/mol. The van der Waals surface area contributed by atoms with Crippen LogP contribution in [-0.4, -0.2) is 20.1 Å². The number of halogens is 2. The summed E-state index contributed by atoms with van der Waals surface area (Å²) < 4.78 is 10.6. The van der Waals surface area contributed by atoms with Crippen molar-refractivity contribution in [3.05, 3.63) is 52.0 Å². The molecule has 0 aliphatic heterocycles. The highest BCUT2D eigenvalue weighted by Gasteiger charge is 2.13. The number of nitrogens with one attached hydrogen (secondary N) is 1. The minimum absolute atomic E-state index is 0.151. The molecule has 23 heavy (non-hydrogen) atoms. The lowest BCUT2D eigenvalue weighted by Crippen LogP contribution is -2.13. The summed E-state index contributed by atoms with van der Waals surface area (Å²) in [6.07, 6.45) is 0.764. The Morgan fingerprint density at radius 1 is 1.09 bits per heavy atom. The van der Waals surface area contributed by atoms with Gasteiger partial charge in [0.25, 0.3) is 0 Å². The molecule has 2 aromatic carbocycles. The molecule has 1 amide bonds. The molecular formula is C17H17Cl2NO3. The number of rotatable bonds is 6. The lowest BCUT2D eigenvalue weighted by atomic mass is 10.1. The van der Waals surface area contributed by atoms with Gasteiger partial charge in [0.15, 0.2) is 0 Å². The van der Waals surface area contributed by atoms with Gasteiger partial charge in [-0.05, 0) is 36.8 Å². The normalized spacial score (nSPS) is 10.3. The number of hydrogen-bond acceptors (Lipinski definition) is 3. The van der Waals surface area contributed by atoms with Gasteiger partial charge in [-0.2, -0.15) is 0 Å². The number of hydrogen-bond donors (Lipinski definition) is 1. The summed E-state index contributed by atoms with van der Waals surface area (Å²) >= 11 is 11.9. The molecule has 0 fully saturated rings. The smallest absolute Gasteiger partial charge is 0.224 e. The van der Waals surface area contributed by atoms with Crippen LogP contribution in [0.4, 0.5) is 5.69 Å². The lowest BCUT2D eigenvalue weighted by Gasteiger charge is -2.13. The SMILES string of the molecule is COc1cccc(OC)c1CCC(=O)Nc1ccc(Cl)cc1Cl. The van der Waals surface area contributed by atoms with E-state index < -0.39 is 0 Å². The van der Waals surface area contributed by atoms with E-state index in [1.807, 2.05) is 18.2 Å². The van der Waals surface area contributed by atoms with Gasteiger partial charge in [-0.3, -0.25) is 4.79 Å². The molecule has 0 aromatic heterocycles. The predicted molar refractivity (Wildman–Crippen MR) is 93.0 cm³/mol. The Morgan fingerprint density at radius 3 is 2.30 bits per heavy atom. The van der Waals surface area contributed by atoms with E-state index in [1.54, 1.807) is 32.4 Å². The molecule has 0 aliphatic rings. The summed E-state index contributed by atoms with van der Waals surface area (Å²) in [4.78, 5) is 12.1. The first-order chi connectivity index (χ1) is 11.0. The van der Waals surface area contributed by atoms with Crippen LogP contribution in [0.15, 0.2) is 36.4 Å². The van der Waals surface area contributed by atoms with Crippen LogP contribution in [-0.2, 0) is 11.2 Å². The molecule has 0 atom stereocenters. The van der Waals surface area contributed by atoms with E-state index in [4.69, 9.17) is 32.7 Å². The largest absolute Gasteiger partial charge is 0.496 e. The van der Waals surface area contributed by atoms with Crippen LogP contribution in [0.5, 0.6) is 11.5 Å². The molecule has 0 spiro atoms. The first-order valence-corrected chi connectivity index (χ1v) is 7.75. The van der Waals surface area contributed by atoms with Crippen LogP contribution in [0.3, 0.4) is 0 Å². The van der Waals surface area contributed by atoms with Gasteiger partial charge in [-0.25, -0.2) is 0 Å². The summed E-state index contributed by atoms with van der Waals surface area (Å²) in [6, 6.07) is 10.5.